The first kappa shape index (κ1) is 20.2. The number of aryl methyl sites for hydroxylation is 1. The fourth-order valence-electron chi connectivity index (χ4n) is 2.01. The maximum absolute atomic E-state index is 12.1. The van der Waals surface area contributed by atoms with Gasteiger partial charge in [-0.2, -0.15) is 0 Å². The molecule has 0 spiro atoms. The monoisotopic (exact) mass is 362 g/mol. The van der Waals surface area contributed by atoms with E-state index in [-0.39, 0.29) is 17.5 Å². The number of rotatable bonds is 10. The normalized spacial score (nSPS) is 14.0. The van der Waals surface area contributed by atoms with E-state index in [9.17, 15) is 8.42 Å². The zero-order valence-electron chi connectivity index (χ0n) is 14.0. The molecule has 132 valence electrons. The van der Waals surface area contributed by atoms with Crippen LogP contribution in [-0.2, 0) is 29.7 Å². The molecule has 0 aliphatic heterocycles. The quantitative estimate of drug-likeness (QED) is 0.595. The van der Waals surface area contributed by atoms with Crippen LogP contribution in [0, 0.1) is 0 Å². The molecule has 23 heavy (non-hydrogen) atoms. The summed E-state index contributed by atoms with van der Waals surface area (Å²) in [5.74, 6) is 0. The number of hydrogen-bond acceptors (Lipinski definition) is 6. The van der Waals surface area contributed by atoms with Crippen LogP contribution in [0.15, 0.2) is 29.2 Å². The van der Waals surface area contributed by atoms with Gasteiger partial charge in [-0.1, -0.05) is 12.1 Å². The molecule has 0 heterocycles. The third-order valence-electron chi connectivity index (χ3n) is 3.48. The summed E-state index contributed by atoms with van der Waals surface area (Å²) >= 11 is 0. The summed E-state index contributed by atoms with van der Waals surface area (Å²) in [5.41, 5.74) is 6.55. The fourth-order valence-corrected chi connectivity index (χ4v) is 4.86. The molecule has 0 fully saturated rings. The van der Waals surface area contributed by atoms with Crippen LogP contribution < -0.4 is 10.5 Å². The zero-order valence-corrected chi connectivity index (χ0v) is 15.9. The van der Waals surface area contributed by atoms with Crippen molar-refractivity contribution in [1.29, 1.82) is 0 Å². The molecule has 1 aromatic carbocycles. The highest BCUT2D eigenvalue weighted by Crippen LogP contribution is 2.18. The SMILES string of the molecule is CO[Si](CCc1ccc(S(=O)(=O)NCC(C)N)cc1)(OC)OC. The number of benzene rings is 1. The lowest BCUT2D eigenvalue weighted by molar-refractivity contribution is 0.123. The van der Waals surface area contributed by atoms with Crippen LogP contribution in [-0.4, -0.2) is 51.1 Å². The Morgan fingerprint density at radius 1 is 1.13 bits per heavy atom. The second kappa shape index (κ2) is 8.88. The second-order valence-corrected chi connectivity index (χ2v) is 10.1. The van der Waals surface area contributed by atoms with Gasteiger partial charge in [0.2, 0.25) is 10.0 Å². The van der Waals surface area contributed by atoms with Gasteiger partial charge in [-0.3, -0.25) is 0 Å². The Balaban J connectivity index is 2.73. The Kier molecular flexibility index (Phi) is 7.81. The minimum atomic E-state index is -3.52. The molecule has 0 saturated carbocycles. The lowest BCUT2D eigenvalue weighted by atomic mass is 10.2. The molecule has 0 radical (unpaired) electrons. The van der Waals surface area contributed by atoms with Gasteiger partial charge in [0.1, 0.15) is 0 Å². The van der Waals surface area contributed by atoms with Gasteiger partial charge < -0.3 is 19.0 Å². The minimum absolute atomic E-state index is 0.202. The van der Waals surface area contributed by atoms with E-state index in [2.05, 4.69) is 4.72 Å². The summed E-state index contributed by atoms with van der Waals surface area (Å²) in [6.45, 7) is 1.94. The average Bonchev–Trinajstić information content (AvgIpc) is 2.55. The predicted octanol–water partition coefficient (Wildman–Crippen LogP) is 0.733. The van der Waals surface area contributed by atoms with Crippen LogP contribution in [0.4, 0.5) is 0 Å². The van der Waals surface area contributed by atoms with E-state index >= 15 is 0 Å². The number of hydrogen-bond donors (Lipinski definition) is 2. The van der Waals surface area contributed by atoms with Crippen LogP contribution in [0.5, 0.6) is 0 Å². The van der Waals surface area contributed by atoms with Crippen LogP contribution in [0.2, 0.25) is 6.04 Å². The van der Waals surface area contributed by atoms with E-state index in [0.717, 1.165) is 5.56 Å². The lowest BCUT2D eigenvalue weighted by Crippen LogP contribution is -2.43. The van der Waals surface area contributed by atoms with Crippen molar-refractivity contribution in [1.82, 2.24) is 4.72 Å². The van der Waals surface area contributed by atoms with Crippen molar-refractivity contribution < 1.29 is 21.7 Å². The number of nitrogens with one attached hydrogen (secondary N) is 1. The predicted molar refractivity (Wildman–Crippen MR) is 90.6 cm³/mol. The molecule has 0 amide bonds. The Morgan fingerprint density at radius 2 is 1.65 bits per heavy atom. The second-order valence-electron chi connectivity index (χ2n) is 5.27. The molecule has 0 aliphatic carbocycles. The number of nitrogens with two attached hydrogens (primary N) is 1. The smallest absolute Gasteiger partial charge is 0.377 e. The van der Waals surface area contributed by atoms with Crippen LogP contribution >= 0.6 is 0 Å². The highest BCUT2D eigenvalue weighted by molar-refractivity contribution is 7.89. The molecule has 0 bridgehead atoms. The van der Waals surface area contributed by atoms with Crippen molar-refractivity contribution in [2.45, 2.75) is 30.3 Å². The molecule has 7 nitrogen and oxygen atoms in total. The van der Waals surface area contributed by atoms with E-state index in [1.165, 1.54) is 0 Å². The Bertz CT molecular complexity index is 565. The molecule has 0 saturated heterocycles. The number of sulfonamides is 1. The molecule has 1 atom stereocenters. The minimum Gasteiger partial charge on any atom is -0.377 e. The van der Waals surface area contributed by atoms with Gasteiger partial charge in [-0.25, -0.2) is 13.1 Å². The first-order chi connectivity index (χ1) is 10.8. The maximum Gasteiger partial charge on any atom is 0.500 e. The summed E-state index contributed by atoms with van der Waals surface area (Å²) in [4.78, 5) is 0.218. The summed E-state index contributed by atoms with van der Waals surface area (Å²) in [7, 11) is -1.44. The third kappa shape index (κ3) is 5.96. The summed E-state index contributed by atoms with van der Waals surface area (Å²) in [6.07, 6.45) is 0.676. The molecule has 0 aliphatic rings. The molecule has 1 unspecified atom stereocenters. The standard InChI is InChI=1S/C14H26N2O5SSi/c1-12(15)11-16-22(17,18)14-7-5-13(6-8-14)9-10-23(19-2,20-3)21-4/h5-8,12,16H,9-11,15H2,1-4H3. The lowest BCUT2D eigenvalue weighted by Gasteiger charge is -2.24. The van der Waals surface area contributed by atoms with E-state index in [1.54, 1.807) is 52.5 Å². The molecule has 9 heteroatoms. The van der Waals surface area contributed by atoms with Gasteiger partial charge in [0, 0.05) is 40.0 Å². The van der Waals surface area contributed by atoms with E-state index in [0.29, 0.717) is 12.5 Å². The van der Waals surface area contributed by atoms with Crippen molar-refractivity contribution in [2.24, 2.45) is 5.73 Å². The molecule has 0 aromatic heterocycles. The van der Waals surface area contributed by atoms with Crippen molar-refractivity contribution in [3.8, 4) is 0 Å². The van der Waals surface area contributed by atoms with Crippen molar-refractivity contribution in [2.75, 3.05) is 27.9 Å². The van der Waals surface area contributed by atoms with Crippen LogP contribution in [0.25, 0.3) is 0 Å². The van der Waals surface area contributed by atoms with Gasteiger partial charge in [-0.15, -0.1) is 0 Å². The Labute approximate surface area is 139 Å². The highest BCUT2D eigenvalue weighted by atomic mass is 32.2. The van der Waals surface area contributed by atoms with E-state index in [4.69, 9.17) is 19.0 Å². The van der Waals surface area contributed by atoms with Gasteiger partial charge in [0.15, 0.2) is 0 Å². The highest BCUT2D eigenvalue weighted by Gasteiger charge is 2.37. The molecule has 3 N–H and O–H groups in total. The Hall–Kier alpha value is -0.813. The zero-order chi connectivity index (χ0) is 17.5. The molecule has 1 aromatic rings. The van der Waals surface area contributed by atoms with Crippen molar-refractivity contribution in [3.05, 3.63) is 29.8 Å². The maximum atomic E-state index is 12.1. The van der Waals surface area contributed by atoms with E-state index < -0.39 is 18.8 Å². The van der Waals surface area contributed by atoms with Gasteiger partial charge in [-0.05, 0) is 31.0 Å². The first-order valence-electron chi connectivity index (χ1n) is 7.28. The summed E-state index contributed by atoms with van der Waals surface area (Å²) in [5, 5.41) is 0. The third-order valence-corrected chi connectivity index (χ3v) is 7.65. The van der Waals surface area contributed by atoms with Crippen LogP contribution in [0.1, 0.15) is 12.5 Å². The largest absolute Gasteiger partial charge is 0.500 e. The average molecular weight is 363 g/mol. The summed E-state index contributed by atoms with van der Waals surface area (Å²) in [6, 6.07) is 7.09. The van der Waals surface area contributed by atoms with Gasteiger partial charge >= 0.3 is 8.80 Å². The van der Waals surface area contributed by atoms with Crippen LogP contribution in [0.3, 0.4) is 0 Å². The topological polar surface area (TPSA) is 99.9 Å². The van der Waals surface area contributed by atoms with Gasteiger partial charge in [0.25, 0.3) is 0 Å². The molecular formula is C14H26N2O5SSi. The Morgan fingerprint density at radius 3 is 2.09 bits per heavy atom. The summed E-state index contributed by atoms with van der Waals surface area (Å²) < 4.78 is 42.7. The fraction of sp³-hybridized carbons (Fsp3) is 0.571. The van der Waals surface area contributed by atoms with Crippen molar-refractivity contribution in [3.63, 3.8) is 0 Å². The first-order valence-corrected chi connectivity index (χ1v) is 10.7. The molecule has 1 rings (SSSR count). The molecular weight excluding hydrogens is 336 g/mol. The van der Waals surface area contributed by atoms with E-state index in [1.807, 2.05) is 0 Å². The van der Waals surface area contributed by atoms with Crippen molar-refractivity contribution >= 4 is 18.8 Å². The van der Waals surface area contributed by atoms with Gasteiger partial charge in [0.05, 0.1) is 4.90 Å².